The van der Waals surface area contributed by atoms with Crippen molar-refractivity contribution in [3.05, 3.63) is 35.9 Å². The molecule has 0 radical (unpaired) electrons. The Bertz CT molecular complexity index is 518. The second-order valence-corrected chi connectivity index (χ2v) is 5.89. The minimum absolute atomic E-state index is 0.0264. The third-order valence-corrected chi connectivity index (χ3v) is 3.59. The van der Waals surface area contributed by atoms with Crippen LogP contribution in [0.1, 0.15) is 44.5 Å². The van der Waals surface area contributed by atoms with Gasteiger partial charge in [-0.2, -0.15) is 5.06 Å². The maximum Gasteiger partial charge on any atom is 0.168 e. The van der Waals surface area contributed by atoms with E-state index in [1.54, 1.807) is 12.1 Å². The lowest BCUT2D eigenvalue weighted by Gasteiger charge is -2.33. The predicted molar refractivity (Wildman–Crippen MR) is 74.6 cm³/mol. The highest BCUT2D eigenvalue weighted by Crippen LogP contribution is 2.34. The van der Waals surface area contributed by atoms with Gasteiger partial charge in [-0.1, -0.05) is 30.3 Å². The highest BCUT2D eigenvalue weighted by atomic mass is 16.5. The molecular weight excluding hydrogens is 240 g/mol. The summed E-state index contributed by atoms with van der Waals surface area (Å²) >= 11 is 0. The highest BCUT2D eigenvalue weighted by Gasteiger charge is 2.47. The van der Waals surface area contributed by atoms with Gasteiger partial charge in [0.05, 0.1) is 12.0 Å². The number of aliphatic imine (C=N–C) groups is 1. The van der Waals surface area contributed by atoms with Crippen molar-refractivity contribution in [1.29, 1.82) is 0 Å². The van der Waals surface area contributed by atoms with Crippen molar-refractivity contribution in [3.8, 4) is 0 Å². The van der Waals surface area contributed by atoms with Crippen molar-refractivity contribution in [3.63, 3.8) is 0 Å². The van der Waals surface area contributed by atoms with E-state index in [-0.39, 0.29) is 12.2 Å². The molecule has 1 aromatic rings. The van der Waals surface area contributed by atoms with Gasteiger partial charge in [0.2, 0.25) is 0 Å². The molecule has 1 heterocycles. The van der Waals surface area contributed by atoms with Gasteiger partial charge in [-0.15, -0.1) is 0 Å². The summed E-state index contributed by atoms with van der Waals surface area (Å²) in [7, 11) is 0. The Balaban J connectivity index is 2.23. The van der Waals surface area contributed by atoms with Crippen LogP contribution >= 0.6 is 0 Å². The van der Waals surface area contributed by atoms with Gasteiger partial charge in [-0.05, 0) is 27.7 Å². The molecule has 0 aliphatic carbocycles. The van der Waals surface area contributed by atoms with Gasteiger partial charge in [-0.25, -0.2) is 0 Å². The fourth-order valence-corrected chi connectivity index (χ4v) is 2.45. The van der Waals surface area contributed by atoms with Gasteiger partial charge in [0.25, 0.3) is 0 Å². The SMILES string of the molecule is CC1(C)N=C(CC(=O)c2ccccc2)C(C)(C)N1O. The van der Waals surface area contributed by atoms with E-state index in [2.05, 4.69) is 4.99 Å². The molecule has 0 saturated carbocycles. The molecule has 2 rings (SSSR count). The average molecular weight is 260 g/mol. The van der Waals surface area contributed by atoms with Crippen LogP contribution in [-0.4, -0.2) is 33.0 Å². The van der Waals surface area contributed by atoms with E-state index in [4.69, 9.17) is 0 Å². The lowest BCUT2D eigenvalue weighted by atomic mass is 9.93. The van der Waals surface area contributed by atoms with Crippen LogP contribution in [0.25, 0.3) is 0 Å². The minimum Gasteiger partial charge on any atom is -0.311 e. The fourth-order valence-electron chi connectivity index (χ4n) is 2.45. The van der Waals surface area contributed by atoms with Crippen LogP contribution in [0.2, 0.25) is 0 Å². The maximum atomic E-state index is 12.2. The van der Waals surface area contributed by atoms with Crippen LogP contribution < -0.4 is 0 Å². The summed E-state index contributed by atoms with van der Waals surface area (Å²) in [4.78, 5) is 16.7. The number of hydroxylamine groups is 2. The maximum absolute atomic E-state index is 12.2. The van der Waals surface area contributed by atoms with E-state index >= 15 is 0 Å². The lowest BCUT2D eigenvalue weighted by Crippen LogP contribution is -2.50. The van der Waals surface area contributed by atoms with Crippen LogP contribution in [0.4, 0.5) is 0 Å². The largest absolute Gasteiger partial charge is 0.311 e. The third-order valence-electron chi connectivity index (χ3n) is 3.59. The fraction of sp³-hybridized carbons (Fsp3) is 0.467. The zero-order valence-electron chi connectivity index (χ0n) is 11.8. The summed E-state index contributed by atoms with van der Waals surface area (Å²) in [5.41, 5.74) is 0.0908. The number of hydrogen-bond donors (Lipinski definition) is 1. The standard InChI is InChI=1S/C15H20N2O2/c1-14(2)13(16-15(3,4)17(14)19)10-12(18)11-8-6-5-7-9-11/h5-9,19H,10H2,1-4H3. The summed E-state index contributed by atoms with van der Waals surface area (Å²) in [5, 5.41) is 11.4. The number of hydrogen-bond acceptors (Lipinski definition) is 4. The molecule has 0 fully saturated rings. The van der Waals surface area contributed by atoms with Crippen molar-refractivity contribution in [2.24, 2.45) is 4.99 Å². The number of Topliss-reactive ketones (excluding diaryl/α,β-unsaturated/α-hetero) is 1. The zero-order chi connectivity index (χ0) is 14.3. The monoisotopic (exact) mass is 260 g/mol. The van der Waals surface area contributed by atoms with E-state index in [1.807, 2.05) is 45.9 Å². The third kappa shape index (κ3) is 2.46. The number of benzene rings is 1. The van der Waals surface area contributed by atoms with Crippen molar-refractivity contribution in [2.45, 2.75) is 45.3 Å². The Morgan fingerprint density at radius 1 is 1.21 bits per heavy atom. The van der Waals surface area contributed by atoms with E-state index in [0.717, 1.165) is 0 Å². The highest BCUT2D eigenvalue weighted by molar-refractivity contribution is 6.13. The quantitative estimate of drug-likeness (QED) is 0.850. The first kappa shape index (κ1) is 13.9. The van der Waals surface area contributed by atoms with Crippen molar-refractivity contribution < 1.29 is 10.0 Å². The molecule has 0 amide bonds. The second-order valence-electron chi connectivity index (χ2n) is 5.89. The normalized spacial score (nSPS) is 21.2. The summed E-state index contributed by atoms with van der Waals surface area (Å²) in [6, 6.07) is 9.17. The molecule has 0 aromatic heterocycles. The molecule has 0 bridgehead atoms. The van der Waals surface area contributed by atoms with E-state index in [1.165, 1.54) is 5.06 Å². The van der Waals surface area contributed by atoms with Gasteiger partial charge in [0.15, 0.2) is 5.78 Å². The van der Waals surface area contributed by atoms with Crippen LogP contribution in [0.3, 0.4) is 0 Å². The molecule has 19 heavy (non-hydrogen) atoms. The Morgan fingerprint density at radius 3 is 2.26 bits per heavy atom. The van der Waals surface area contributed by atoms with Gasteiger partial charge in [0, 0.05) is 11.3 Å². The molecule has 1 aliphatic rings. The number of carbonyl (C=O) groups is 1. The van der Waals surface area contributed by atoms with Gasteiger partial charge < -0.3 is 5.21 Å². The number of ketones is 1. The van der Waals surface area contributed by atoms with Crippen LogP contribution in [0.5, 0.6) is 0 Å². The van der Waals surface area contributed by atoms with E-state index in [0.29, 0.717) is 11.3 Å². The molecule has 1 aromatic carbocycles. The predicted octanol–water partition coefficient (Wildman–Crippen LogP) is 2.92. The van der Waals surface area contributed by atoms with Gasteiger partial charge in [-0.3, -0.25) is 9.79 Å². The van der Waals surface area contributed by atoms with Gasteiger partial charge >= 0.3 is 0 Å². The van der Waals surface area contributed by atoms with Crippen LogP contribution in [0.15, 0.2) is 35.3 Å². The van der Waals surface area contributed by atoms with Crippen LogP contribution in [-0.2, 0) is 0 Å². The molecule has 1 aliphatic heterocycles. The molecule has 0 spiro atoms. The molecule has 1 N–H and O–H groups in total. The van der Waals surface area contributed by atoms with Crippen molar-refractivity contribution in [1.82, 2.24) is 5.06 Å². The molecule has 0 saturated heterocycles. The van der Waals surface area contributed by atoms with Crippen molar-refractivity contribution >= 4 is 11.5 Å². The first-order valence-corrected chi connectivity index (χ1v) is 6.42. The summed E-state index contributed by atoms with van der Waals surface area (Å²) in [6.45, 7) is 7.40. The Hall–Kier alpha value is -1.52. The van der Waals surface area contributed by atoms with Gasteiger partial charge in [0.1, 0.15) is 5.66 Å². The molecule has 0 atom stereocenters. The Kier molecular flexibility index (Phi) is 3.32. The van der Waals surface area contributed by atoms with Crippen molar-refractivity contribution in [2.75, 3.05) is 0 Å². The minimum atomic E-state index is -0.685. The summed E-state index contributed by atoms with van der Waals surface area (Å²) in [5.74, 6) is 0.0264. The number of carbonyl (C=O) groups excluding carboxylic acids is 1. The van der Waals surface area contributed by atoms with E-state index < -0.39 is 11.2 Å². The lowest BCUT2D eigenvalue weighted by molar-refractivity contribution is -0.188. The molecule has 0 unspecified atom stereocenters. The topological polar surface area (TPSA) is 52.9 Å². The zero-order valence-corrected chi connectivity index (χ0v) is 11.8. The molecule has 4 heteroatoms. The smallest absolute Gasteiger partial charge is 0.168 e. The average Bonchev–Trinajstić information content (AvgIpc) is 2.51. The summed E-state index contributed by atoms with van der Waals surface area (Å²) in [6.07, 6.45) is 0.234. The van der Waals surface area contributed by atoms with Crippen LogP contribution in [0, 0.1) is 0 Å². The molecular formula is C15H20N2O2. The second kappa shape index (κ2) is 4.54. The Morgan fingerprint density at radius 2 is 1.79 bits per heavy atom. The van der Waals surface area contributed by atoms with E-state index in [9.17, 15) is 10.0 Å². The molecule has 4 nitrogen and oxygen atoms in total. The molecule has 102 valence electrons. The number of rotatable bonds is 3. The summed E-state index contributed by atoms with van der Waals surface area (Å²) < 4.78 is 0. The Labute approximate surface area is 113 Å². The first-order chi connectivity index (χ1) is 8.75. The number of nitrogens with zero attached hydrogens (tertiary/aromatic N) is 2. The first-order valence-electron chi connectivity index (χ1n) is 6.42.